The molecule has 0 radical (unpaired) electrons. The van der Waals surface area contributed by atoms with E-state index in [1.165, 1.54) is 19.2 Å². The molecule has 0 bridgehead atoms. The molecule has 8 heteroatoms. The van der Waals surface area contributed by atoms with E-state index >= 15 is 0 Å². The van der Waals surface area contributed by atoms with E-state index in [1.54, 1.807) is 0 Å². The van der Waals surface area contributed by atoms with Crippen LogP contribution < -0.4 is 10.6 Å². The highest BCUT2D eigenvalue weighted by Gasteiger charge is 2.33. The Bertz CT molecular complexity index is 504. The highest BCUT2D eigenvalue weighted by atomic mass is 19.4. The highest BCUT2D eigenvalue weighted by Crippen LogP contribution is 2.34. The van der Waals surface area contributed by atoms with Gasteiger partial charge in [-0.1, -0.05) is 12.1 Å². The lowest BCUT2D eigenvalue weighted by Crippen LogP contribution is -2.36. The number of anilines is 1. The van der Waals surface area contributed by atoms with Gasteiger partial charge in [0.05, 0.1) is 11.3 Å². The fraction of sp³-hybridized carbons (Fsp3) is 0.385. The first kappa shape index (κ1) is 17.0. The summed E-state index contributed by atoms with van der Waals surface area (Å²) in [6.45, 7) is 0.597. The maximum Gasteiger partial charge on any atom is 0.418 e. The summed E-state index contributed by atoms with van der Waals surface area (Å²) >= 11 is 0. The summed E-state index contributed by atoms with van der Waals surface area (Å²) in [7, 11) is 1.49. The Hall–Kier alpha value is -2.09. The average Bonchev–Trinajstić information content (AvgIpc) is 2.42. The van der Waals surface area contributed by atoms with Crippen LogP contribution in [0.25, 0.3) is 0 Å². The number of nitrogens with one attached hydrogen (secondary N) is 2. The molecule has 1 rings (SSSR count). The number of halogens is 3. The number of hydrogen-bond donors (Lipinski definition) is 2. The van der Waals surface area contributed by atoms with Gasteiger partial charge in [0.2, 0.25) is 0 Å². The standard InChI is InChI=1S/C13H15F3N2O3/c1-21-8-4-7-17-11(19)12(20)18-10-6-3-2-5-9(10)13(14,15)16/h2-3,5-6H,4,7-8H2,1H3,(H,17,19)(H,18,20). The Morgan fingerprint density at radius 1 is 1.19 bits per heavy atom. The summed E-state index contributed by atoms with van der Waals surface area (Å²) in [6.07, 6.45) is -4.12. The number of amides is 2. The van der Waals surface area contributed by atoms with Gasteiger partial charge >= 0.3 is 18.0 Å². The number of carbonyl (C=O) groups is 2. The normalized spacial score (nSPS) is 11.0. The molecular weight excluding hydrogens is 289 g/mol. The van der Waals surface area contributed by atoms with Crippen molar-refractivity contribution in [3.63, 3.8) is 0 Å². The fourth-order valence-electron chi connectivity index (χ4n) is 1.52. The molecule has 0 aliphatic heterocycles. The zero-order chi connectivity index (χ0) is 15.9. The van der Waals surface area contributed by atoms with Crippen molar-refractivity contribution in [2.45, 2.75) is 12.6 Å². The number of ether oxygens (including phenoxy) is 1. The topological polar surface area (TPSA) is 67.4 Å². The molecule has 0 aliphatic carbocycles. The van der Waals surface area contributed by atoms with Gasteiger partial charge in [-0.3, -0.25) is 9.59 Å². The minimum absolute atomic E-state index is 0.195. The molecule has 0 atom stereocenters. The Morgan fingerprint density at radius 3 is 2.48 bits per heavy atom. The van der Waals surface area contributed by atoms with Crippen LogP contribution >= 0.6 is 0 Å². The van der Waals surface area contributed by atoms with Crippen molar-refractivity contribution in [3.8, 4) is 0 Å². The van der Waals surface area contributed by atoms with Gasteiger partial charge in [0, 0.05) is 20.3 Å². The second-order valence-electron chi connectivity index (χ2n) is 4.10. The lowest BCUT2D eigenvalue weighted by atomic mass is 10.1. The van der Waals surface area contributed by atoms with Gasteiger partial charge in [0.1, 0.15) is 0 Å². The van der Waals surface area contributed by atoms with Crippen LogP contribution in [-0.4, -0.2) is 32.1 Å². The van der Waals surface area contributed by atoms with Crippen LogP contribution in [0, 0.1) is 0 Å². The van der Waals surface area contributed by atoms with Crippen LogP contribution in [0.1, 0.15) is 12.0 Å². The Labute approximate surface area is 119 Å². The quantitative estimate of drug-likeness (QED) is 0.644. The van der Waals surface area contributed by atoms with Gasteiger partial charge in [-0.15, -0.1) is 0 Å². The third kappa shape index (κ3) is 5.42. The Balaban J connectivity index is 2.65. The minimum Gasteiger partial charge on any atom is -0.385 e. The maximum atomic E-state index is 12.7. The summed E-state index contributed by atoms with van der Waals surface area (Å²) in [5, 5.41) is 4.24. The SMILES string of the molecule is COCCCNC(=O)C(=O)Nc1ccccc1C(F)(F)F. The average molecular weight is 304 g/mol. The summed E-state index contributed by atoms with van der Waals surface area (Å²) in [6, 6.07) is 4.44. The van der Waals surface area contributed by atoms with E-state index in [-0.39, 0.29) is 6.54 Å². The zero-order valence-electron chi connectivity index (χ0n) is 11.3. The first-order valence-electron chi connectivity index (χ1n) is 6.10. The van der Waals surface area contributed by atoms with E-state index in [4.69, 9.17) is 4.74 Å². The molecule has 2 amide bonds. The fourth-order valence-corrected chi connectivity index (χ4v) is 1.52. The van der Waals surface area contributed by atoms with E-state index in [0.717, 1.165) is 12.1 Å². The van der Waals surface area contributed by atoms with Crippen molar-refractivity contribution in [1.82, 2.24) is 5.32 Å². The predicted octanol–water partition coefficient (Wildman–Crippen LogP) is 1.80. The molecule has 0 heterocycles. The van der Waals surface area contributed by atoms with Crippen molar-refractivity contribution >= 4 is 17.5 Å². The zero-order valence-corrected chi connectivity index (χ0v) is 11.3. The molecule has 116 valence electrons. The molecule has 0 saturated heterocycles. The van der Waals surface area contributed by atoms with Crippen molar-refractivity contribution in [3.05, 3.63) is 29.8 Å². The van der Waals surface area contributed by atoms with Crippen LogP contribution in [0.3, 0.4) is 0 Å². The second-order valence-corrected chi connectivity index (χ2v) is 4.10. The Kier molecular flexibility index (Phi) is 6.16. The van der Waals surface area contributed by atoms with Crippen molar-refractivity contribution in [2.24, 2.45) is 0 Å². The molecule has 1 aromatic rings. The van der Waals surface area contributed by atoms with Gasteiger partial charge in [0.15, 0.2) is 0 Å². The summed E-state index contributed by atoms with van der Waals surface area (Å²) in [5.74, 6) is -2.15. The number of hydrogen-bond acceptors (Lipinski definition) is 3. The molecule has 1 aromatic carbocycles. The predicted molar refractivity (Wildman–Crippen MR) is 69.6 cm³/mol. The molecular formula is C13H15F3N2O3. The third-order valence-electron chi connectivity index (χ3n) is 2.50. The van der Waals surface area contributed by atoms with E-state index in [1.807, 2.05) is 5.32 Å². The van der Waals surface area contributed by atoms with E-state index in [0.29, 0.717) is 13.0 Å². The number of carbonyl (C=O) groups excluding carboxylic acids is 2. The van der Waals surface area contributed by atoms with Crippen LogP contribution in [0.5, 0.6) is 0 Å². The molecule has 0 spiro atoms. The molecule has 2 N–H and O–H groups in total. The lowest BCUT2D eigenvalue weighted by Gasteiger charge is -2.13. The van der Waals surface area contributed by atoms with Crippen molar-refractivity contribution in [1.29, 1.82) is 0 Å². The van der Waals surface area contributed by atoms with Gasteiger partial charge in [-0.2, -0.15) is 13.2 Å². The monoisotopic (exact) mass is 304 g/mol. The van der Waals surface area contributed by atoms with Crippen molar-refractivity contribution in [2.75, 3.05) is 25.6 Å². The number of rotatable bonds is 5. The van der Waals surface area contributed by atoms with E-state index in [9.17, 15) is 22.8 Å². The first-order chi connectivity index (χ1) is 9.86. The molecule has 0 saturated carbocycles. The number of para-hydroxylation sites is 1. The highest BCUT2D eigenvalue weighted by molar-refractivity contribution is 6.39. The smallest absolute Gasteiger partial charge is 0.385 e. The van der Waals surface area contributed by atoms with Crippen LogP contribution in [0.15, 0.2) is 24.3 Å². The molecule has 0 aromatic heterocycles. The van der Waals surface area contributed by atoms with E-state index in [2.05, 4.69) is 5.32 Å². The summed E-state index contributed by atoms with van der Waals surface area (Å²) < 4.78 is 42.9. The Morgan fingerprint density at radius 2 is 1.86 bits per heavy atom. The van der Waals surface area contributed by atoms with Crippen LogP contribution in [0.4, 0.5) is 18.9 Å². The van der Waals surface area contributed by atoms with Crippen molar-refractivity contribution < 1.29 is 27.5 Å². The van der Waals surface area contributed by atoms with Crippen LogP contribution in [-0.2, 0) is 20.5 Å². The second kappa shape index (κ2) is 7.63. The van der Waals surface area contributed by atoms with Gasteiger partial charge < -0.3 is 15.4 Å². The maximum absolute atomic E-state index is 12.7. The number of benzene rings is 1. The molecule has 0 aliphatic rings. The summed E-state index contributed by atoms with van der Waals surface area (Å²) in [4.78, 5) is 23.0. The lowest BCUT2D eigenvalue weighted by molar-refractivity contribution is -0.138. The van der Waals surface area contributed by atoms with Gasteiger partial charge in [-0.25, -0.2) is 0 Å². The van der Waals surface area contributed by atoms with Crippen LogP contribution in [0.2, 0.25) is 0 Å². The summed E-state index contributed by atoms with van der Waals surface area (Å²) in [5.41, 5.74) is -1.47. The molecule has 0 unspecified atom stereocenters. The molecule has 0 fully saturated rings. The minimum atomic E-state index is -4.61. The third-order valence-corrected chi connectivity index (χ3v) is 2.50. The van der Waals surface area contributed by atoms with Gasteiger partial charge in [-0.05, 0) is 18.6 Å². The van der Waals surface area contributed by atoms with E-state index < -0.39 is 29.2 Å². The molecule has 21 heavy (non-hydrogen) atoms. The van der Waals surface area contributed by atoms with Gasteiger partial charge in [0.25, 0.3) is 0 Å². The largest absolute Gasteiger partial charge is 0.418 e. The number of methoxy groups -OCH3 is 1. The first-order valence-corrected chi connectivity index (χ1v) is 6.10. The molecule has 5 nitrogen and oxygen atoms in total. The number of alkyl halides is 3.